The van der Waals surface area contributed by atoms with Crippen LogP contribution in [0.25, 0.3) is 5.57 Å². The van der Waals surface area contributed by atoms with Gasteiger partial charge in [0.1, 0.15) is 0 Å². The largest absolute Gasteiger partial charge is 0.0846 e. The van der Waals surface area contributed by atoms with Crippen molar-refractivity contribution in [3.8, 4) is 0 Å². The van der Waals surface area contributed by atoms with Crippen LogP contribution < -0.4 is 0 Å². The van der Waals surface area contributed by atoms with Crippen molar-refractivity contribution in [2.75, 3.05) is 0 Å². The van der Waals surface area contributed by atoms with Gasteiger partial charge in [0.25, 0.3) is 0 Å². The van der Waals surface area contributed by atoms with Gasteiger partial charge < -0.3 is 0 Å². The van der Waals surface area contributed by atoms with Crippen molar-refractivity contribution in [1.82, 2.24) is 0 Å². The van der Waals surface area contributed by atoms with Crippen LogP contribution in [0.15, 0.2) is 47.2 Å². The summed E-state index contributed by atoms with van der Waals surface area (Å²) in [6.45, 7) is 2.22. The average Bonchev–Trinajstić information content (AvgIpc) is 2.49. The molecule has 1 aromatic carbocycles. The molecule has 0 unspecified atom stereocenters. The van der Waals surface area contributed by atoms with Crippen LogP contribution in [0.2, 0.25) is 0 Å². The highest BCUT2D eigenvalue weighted by Crippen LogP contribution is 2.30. The molecule has 0 fully saturated rings. The van der Waals surface area contributed by atoms with E-state index in [1.807, 2.05) is 0 Å². The molecule has 0 aromatic heterocycles. The van der Waals surface area contributed by atoms with Crippen LogP contribution in [0.1, 0.15) is 18.9 Å². The van der Waals surface area contributed by atoms with Crippen molar-refractivity contribution in [3.63, 3.8) is 0 Å². The van der Waals surface area contributed by atoms with Crippen molar-refractivity contribution in [2.24, 2.45) is 0 Å². The molecule has 66 valence electrons. The van der Waals surface area contributed by atoms with Gasteiger partial charge in [-0.25, -0.2) is 0 Å². The SMILES string of the molecule is CC1=C([SiH3])CC(c2ccccc2)=C1. The van der Waals surface area contributed by atoms with Gasteiger partial charge in [0.15, 0.2) is 0 Å². The van der Waals surface area contributed by atoms with Crippen molar-refractivity contribution in [1.29, 1.82) is 0 Å². The minimum Gasteiger partial charge on any atom is -0.0846 e. The summed E-state index contributed by atoms with van der Waals surface area (Å²) in [6.07, 6.45) is 3.51. The first-order valence-corrected chi connectivity index (χ1v) is 5.70. The second-order valence-corrected chi connectivity index (χ2v) is 4.88. The van der Waals surface area contributed by atoms with E-state index in [4.69, 9.17) is 0 Å². The molecule has 0 amide bonds. The van der Waals surface area contributed by atoms with Gasteiger partial charge in [-0.15, -0.1) is 0 Å². The van der Waals surface area contributed by atoms with Crippen LogP contribution in [0.3, 0.4) is 0 Å². The molecule has 0 atom stereocenters. The van der Waals surface area contributed by atoms with Gasteiger partial charge in [0, 0.05) is 10.2 Å². The molecule has 0 saturated heterocycles. The number of hydrogen-bond donors (Lipinski definition) is 0. The second-order valence-electron chi connectivity index (χ2n) is 3.68. The van der Waals surface area contributed by atoms with Gasteiger partial charge in [-0.1, -0.05) is 47.2 Å². The molecule has 2 rings (SSSR count). The average molecular weight is 186 g/mol. The van der Waals surface area contributed by atoms with Gasteiger partial charge in [-0.05, 0) is 24.5 Å². The molecule has 0 nitrogen and oxygen atoms in total. The van der Waals surface area contributed by atoms with Gasteiger partial charge in [0.05, 0.1) is 0 Å². The summed E-state index contributed by atoms with van der Waals surface area (Å²) in [7, 11) is 1.20. The first kappa shape index (κ1) is 8.51. The molecule has 1 heteroatoms. The van der Waals surface area contributed by atoms with E-state index >= 15 is 0 Å². The summed E-state index contributed by atoms with van der Waals surface area (Å²) in [5.74, 6) is 0. The molecule has 1 aliphatic carbocycles. The highest BCUT2D eigenvalue weighted by molar-refractivity contribution is 6.24. The van der Waals surface area contributed by atoms with Gasteiger partial charge in [-0.3, -0.25) is 0 Å². The Morgan fingerprint density at radius 2 is 1.85 bits per heavy atom. The Morgan fingerprint density at radius 3 is 2.38 bits per heavy atom. The lowest BCUT2D eigenvalue weighted by atomic mass is 10.1. The third-order valence-electron chi connectivity index (χ3n) is 2.66. The summed E-state index contributed by atoms with van der Waals surface area (Å²) in [5.41, 5.74) is 4.36. The molecule has 0 bridgehead atoms. The van der Waals surface area contributed by atoms with Crippen molar-refractivity contribution in [2.45, 2.75) is 13.3 Å². The van der Waals surface area contributed by atoms with Crippen LogP contribution in [0, 0.1) is 0 Å². The van der Waals surface area contributed by atoms with Crippen molar-refractivity contribution < 1.29 is 0 Å². The number of benzene rings is 1. The number of rotatable bonds is 1. The smallest absolute Gasteiger partial charge is 0.0340 e. The zero-order valence-electron chi connectivity index (χ0n) is 8.17. The van der Waals surface area contributed by atoms with Crippen molar-refractivity contribution >= 4 is 15.8 Å². The lowest BCUT2D eigenvalue weighted by Crippen LogP contribution is -1.82. The molecule has 0 radical (unpaired) electrons. The third-order valence-corrected chi connectivity index (χ3v) is 3.81. The van der Waals surface area contributed by atoms with E-state index in [-0.39, 0.29) is 0 Å². The summed E-state index contributed by atoms with van der Waals surface area (Å²) in [4.78, 5) is 0. The summed E-state index contributed by atoms with van der Waals surface area (Å²) < 4.78 is 0. The summed E-state index contributed by atoms with van der Waals surface area (Å²) in [5, 5.41) is 1.64. The maximum absolute atomic E-state index is 2.33. The van der Waals surface area contributed by atoms with E-state index in [2.05, 4.69) is 43.3 Å². The quantitative estimate of drug-likeness (QED) is 0.589. The van der Waals surface area contributed by atoms with E-state index in [1.165, 1.54) is 33.4 Å². The molecule has 0 spiro atoms. The third kappa shape index (κ3) is 1.65. The fourth-order valence-electron chi connectivity index (χ4n) is 1.70. The monoisotopic (exact) mass is 186 g/mol. The lowest BCUT2D eigenvalue weighted by Gasteiger charge is -2.01. The van der Waals surface area contributed by atoms with E-state index in [0.29, 0.717) is 0 Å². The minimum atomic E-state index is 1.18. The summed E-state index contributed by atoms with van der Waals surface area (Å²) in [6, 6.07) is 10.7. The molecule has 0 saturated carbocycles. The molecule has 0 N–H and O–H groups in total. The first-order chi connectivity index (χ1) is 6.27. The highest BCUT2D eigenvalue weighted by Gasteiger charge is 2.09. The molecule has 13 heavy (non-hydrogen) atoms. The lowest BCUT2D eigenvalue weighted by molar-refractivity contribution is 1.37. The number of hydrogen-bond acceptors (Lipinski definition) is 0. The van der Waals surface area contributed by atoms with Crippen LogP contribution >= 0.6 is 0 Å². The molecule has 0 heterocycles. The molecule has 1 aromatic rings. The zero-order valence-corrected chi connectivity index (χ0v) is 10.2. The zero-order chi connectivity index (χ0) is 9.26. The second kappa shape index (κ2) is 3.34. The highest BCUT2D eigenvalue weighted by atomic mass is 28.1. The van der Waals surface area contributed by atoms with Crippen LogP contribution in [0.4, 0.5) is 0 Å². The van der Waals surface area contributed by atoms with E-state index < -0.39 is 0 Å². The van der Waals surface area contributed by atoms with Gasteiger partial charge in [-0.2, -0.15) is 0 Å². The normalized spacial score (nSPS) is 16.5. The predicted octanol–water partition coefficient (Wildman–Crippen LogP) is 2.11. The Balaban J connectivity index is 2.29. The van der Waals surface area contributed by atoms with Crippen LogP contribution in [-0.2, 0) is 0 Å². The molecule has 1 aliphatic rings. The molecule has 0 aliphatic heterocycles. The van der Waals surface area contributed by atoms with E-state index in [9.17, 15) is 0 Å². The van der Waals surface area contributed by atoms with Gasteiger partial charge in [0.2, 0.25) is 0 Å². The predicted molar refractivity (Wildman–Crippen MR) is 61.7 cm³/mol. The minimum absolute atomic E-state index is 1.18. The maximum Gasteiger partial charge on any atom is 0.0340 e. The molecular weight excluding hydrogens is 172 g/mol. The first-order valence-electron chi connectivity index (χ1n) is 4.70. The molecular formula is C12H14Si. The topological polar surface area (TPSA) is 0 Å². The maximum atomic E-state index is 2.33. The van der Waals surface area contributed by atoms with Crippen LogP contribution in [0.5, 0.6) is 0 Å². The Labute approximate surface area is 82.4 Å². The Morgan fingerprint density at radius 1 is 1.15 bits per heavy atom. The Kier molecular flexibility index (Phi) is 2.19. The fraction of sp³-hybridized carbons (Fsp3) is 0.167. The Hall–Kier alpha value is -1.08. The number of allylic oxidation sites excluding steroid dienone is 4. The van der Waals surface area contributed by atoms with E-state index in [0.717, 1.165) is 0 Å². The standard InChI is InChI=1S/C12H14Si/c1-9-7-11(8-12(9)13)10-5-3-2-4-6-10/h2-7H,8H2,1,13H3. The van der Waals surface area contributed by atoms with E-state index in [1.54, 1.807) is 5.20 Å². The van der Waals surface area contributed by atoms with Crippen molar-refractivity contribution in [3.05, 3.63) is 52.7 Å². The van der Waals surface area contributed by atoms with Crippen LogP contribution in [-0.4, -0.2) is 10.2 Å². The van der Waals surface area contributed by atoms with Gasteiger partial charge >= 0.3 is 0 Å². The summed E-state index contributed by atoms with van der Waals surface area (Å²) >= 11 is 0. The Bertz CT molecular complexity index is 371. The fourth-order valence-corrected chi connectivity index (χ4v) is 2.22.